The van der Waals surface area contributed by atoms with Crippen molar-refractivity contribution in [3.8, 4) is 0 Å². The average molecular weight is 378 g/mol. The molecular formula is C21H40NNaO3. The topological polar surface area (TPSA) is 55.4 Å². The number of carbonyl (C=O) groups excluding carboxylic acids is 2. The van der Waals surface area contributed by atoms with E-state index in [1.165, 1.54) is 57.8 Å². The van der Waals surface area contributed by atoms with Gasteiger partial charge >= 0.3 is 41.5 Å². The van der Waals surface area contributed by atoms with Crippen molar-refractivity contribution in [3.05, 3.63) is 12.2 Å². The molecule has 0 aliphatic heterocycles. The molecule has 4 nitrogen and oxygen atoms in total. The zero-order chi connectivity index (χ0) is 18.6. The van der Waals surface area contributed by atoms with Gasteiger partial charge in [-0.2, -0.15) is 0 Å². The molecule has 0 aromatic heterocycles. The van der Waals surface area contributed by atoms with Crippen LogP contribution in [0.1, 0.15) is 96.8 Å². The summed E-state index contributed by atoms with van der Waals surface area (Å²) in [5.74, 6) is -0.905. The molecule has 0 heterocycles. The van der Waals surface area contributed by atoms with E-state index in [9.17, 15) is 9.59 Å². The summed E-state index contributed by atoms with van der Waals surface area (Å²) in [6, 6.07) is 0. The van der Waals surface area contributed by atoms with Gasteiger partial charge in [0, 0.05) is 6.42 Å². The molecule has 0 bridgehead atoms. The van der Waals surface area contributed by atoms with E-state index in [-0.39, 0.29) is 36.1 Å². The number of hydrogen-bond acceptors (Lipinski definition) is 4. The summed E-state index contributed by atoms with van der Waals surface area (Å²) in [6.07, 6.45) is 20.9. The average Bonchev–Trinajstić information content (AvgIpc) is 2.58. The standard InChI is InChI=1S/C21H39NO3.Na.H/c1-3-4-5-6-7-8-9-10-11-12-13-14-15-16-17-18-20(23)25-21(24)19-22-2;;/h10-11,22H,3-9,12-19H2,1-2H3;;/b11-10-;;. The first-order valence-corrected chi connectivity index (χ1v) is 10.2. The van der Waals surface area contributed by atoms with Crippen LogP contribution in [0, 0.1) is 0 Å². The molecule has 0 fully saturated rings. The van der Waals surface area contributed by atoms with Crippen LogP contribution in [-0.2, 0) is 14.3 Å². The van der Waals surface area contributed by atoms with Crippen LogP contribution in [0.5, 0.6) is 0 Å². The number of esters is 2. The van der Waals surface area contributed by atoms with E-state index in [1.807, 2.05) is 0 Å². The van der Waals surface area contributed by atoms with E-state index < -0.39 is 11.9 Å². The summed E-state index contributed by atoms with van der Waals surface area (Å²) in [5.41, 5.74) is 0. The van der Waals surface area contributed by atoms with E-state index in [1.54, 1.807) is 7.05 Å². The Kier molecular flexibility index (Phi) is 24.7. The SMILES string of the molecule is CCCCCCCC/C=C\CCCCCCCC(=O)OC(=O)CNC.[NaH]. The third kappa shape index (κ3) is 21.9. The van der Waals surface area contributed by atoms with Crippen LogP contribution < -0.4 is 5.32 Å². The number of nitrogens with one attached hydrogen (secondary N) is 1. The van der Waals surface area contributed by atoms with Crippen molar-refractivity contribution in [1.82, 2.24) is 5.32 Å². The van der Waals surface area contributed by atoms with Gasteiger partial charge in [0.25, 0.3) is 0 Å². The predicted octanol–water partition coefficient (Wildman–Crippen LogP) is 4.66. The second kappa shape index (κ2) is 22.9. The van der Waals surface area contributed by atoms with Crippen molar-refractivity contribution in [3.63, 3.8) is 0 Å². The molecule has 1 N–H and O–H groups in total. The second-order valence-electron chi connectivity index (χ2n) is 6.71. The summed E-state index contributed by atoms with van der Waals surface area (Å²) in [4.78, 5) is 22.5. The zero-order valence-electron chi connectivity index (χ0n) is 16.5. The fraction of sp³-hybridized carbons (Fsp3) is 0.810. The van der Waals surface area contributed by atoms with E-state index in [0.29, 0.717) is 6.42 Å². The van der Waals surface area contributed by atoms with Crippen LogP contribution in [0.2, 0.25) is 0 Å². The minimum absolute atomic E-state index is 0. The number of allylic oxidation sites excluding steroid dienone is 2. The normalized spacial score (nSPS) is 10.7. The first-order chi connectivity index (χ1) is 12.2. The van der Waals surface area contributed by atoms with Gasteiger partial charge in [0.05, 0.1) is 6.54 Å². The van der Waals surface area contributed by atoms with Gasteiger partial charge in [-0.3, -0.25) is 9.59 Å². The monoisotopic (exact) mass is 377 g/mol. The van der Waals surface area contributed by atoms with Crippen molar-refractivity contribution >= 4 is 41.5 Å². The van der Waals surface area contributed by atoms with Gasteiger partial charge in [-0.25, -0.2) is 0 Å². The van der Waals surface area contributed by atoms with Crippen LogP contribution in [0.15, 0.2) is 12.2 Å². The Labute approximate surface area is 183 Å². The van der Waals surface area contributed by atoms with Gasteiger partial charge in [0.2, 0.25) is 0 Å². The molecule has 0 rings (SSSR count). The number of unbranched alkanes of at least 4 members (excludes halogenated alkanes) is 11. The number of carbonyl (C=O) groups is 2. The molecule has 0 atom stereocenters. The van der Waals surface area contributed by atoms with E-state index in [0.717, 1.165) is 25.7 Å². The molecule has 0 radical (unpaired) electrons. The summed E-state index contributed by atoms with van der Waals surface area (Å²) in [7, 11) is 1.65. The molecule has 0 saturated heterocycles. The Morgan fingerprint density at radius 2 is 1.27 bits per heavy atom. The molecule has 0 aliphatic rings. The maximum absolute atomic E-state index is 11.4. The molecular weight excluding hydrogens is 337 g/mol. The molecule has 26 heavy (non-hydrogen) atoms. The fourth-order valence-electron chi connectivity index (χ4n) is 2.70. The Bertz CT molecular complexity index is 359. The molecule has 0 spiro atoms. The molecule has 0 saturated carbocycles. The Hall–Kier alpha value is -0.160. The van der Waals surface area contributed by atoms with Crippen LogP contribution in [0.3, 0.4) is 0 Å². The van der Waals surface area contributed by atoms with Crippen LogP contribution in [0.4, 0.5) is 0 Å². The van der Waals surface area contributed by atoms with Crippen molar-refractivity contribution in [1.29, 1.82) is 0 Å². The first-order valence-electron chi connectivity index (χ1n) is 10.2. The number of likely N-dealkylation sites (N-methyl/N-ethyl adjacent to an activating group) is 1. The van der Waals surface area contributed by atoms with E-state index in [2.05, 4.69) is 29.1 Å². The van der Waals surface area contributed by atoms with Crippen molar-refractivity contribution < 1.29 is 14.3 Å². The first kappa shape index (κ1) is 28.1. The number of rotatable bonds is 17. The van der Waals surface area contributed by atoms with Crippen LogP contribution in [0.25, 0.3) is 0 Å². The number of hydrogen-bond donors (Lipinski definition) is 1. The quantitative estimate of drug-likeness (QED) is 0.132. The summed E-state index contributed by atoms with van der Waals surface area (Å²) >= 11 is 0. The predicted molar refractivity (Wildman–Crippen MR) is 112 cm³/mol. The molecule has 0 aromatic carbocycles. The molecule has 0 amide bonds. The van der Waals surface area contributed by atoms with Gasteiger partial charge < -0.3 is 10.1 Å². The molecule has 0 aliphatic carbocycles. The number of ether oxygens (including phenoxy) is 1. The van der Waals surface area contributed by atoms with Crippen LogP contribution in [-0.4, -0.2) is 55.1 Å². The maximum atomic E-state index is 11.4. The fourth-order valence-corrected chi connectivity index (χ4v) is 2.70. The Morgan fingerprint density at radius 3 is 1.81 bits per heavy atom. The molecule has 0 unspecified atom stereocenters. The third-order valence-corrected chi connectivity index (χ3v) is 4.19. The Balaban J connectivity index is 0. The van der Waals surface area contributed by atoms with Gasteiger partial charge in [-0.15, -0.1) is 0 Å². The van der Waals surface area contributed by atoms with Gasteiger partial charge in [0.1, 0.15) is 0 Å². The molecule has 148 valence electrons. The minimum atomic E-state index is -0.500. The van der Waals surface area contributed by atoms with Gasteiger partial charge in [-0.1, -0.05) is 70.4 Å². The summed E-state index contributed by atoms with van der Waals surface area (Å²) < 4.78 is 4.66. The summed E-state index contributed by atoms with van der Waals surface area (Å²) in [5, 5.41) is 2.66. The Morgan fingerprint density at radius 1 is 0.769 bits per heavy atom. The van der Waals surface area contributed by atoms with Crippen molar-refractivity contribution in [2.75, 3.05) is 13.6 Å². The van der Waals surface area contributed by atoms with Crippen molar-refractivity contribution in [2.45, 2.75) is 96.8 Å². The molecule has 0 aromatic rings. The van der Waals surface area contributed by atoms with E-state index in [4.69, 9.17) is 0 Å². The van der Waals surface area contributed by atoms with Gasteiger partial charge in [-0.05, 0) is 39.2 Å². The second-order valence-corrected chi connectivity index (χ2v) is 6.71. The van der Waals surface area contributed by atoms with Crippen molar-refractivity contribution in [2.24, 2.45) is 0 Å². The van der Waals surface area contributed by atoms with E-state index >= 15 is 0 Å². The molecule has 5 heteroatoms. The zero-order valence-corrected chi connectivity index (χ0v) is 16.5. The van der Waals surface area contributed by atoms with Gasteiger partial charge in [0.15, 0.2) is 0 Å². The third-order valence-electron chi connectivity index (χ3n) is 4.19. The summed E-state index contributed by atoms with van der Waals surface area (Å²) in [6.45, 7) is 2.34. The van der Waals surface area contributed by atoms with Crippen LogP contribution >= 0.6 is 0 Å².